The lowest BCUT2D eigenvalue weighted by atomic mass is 9.95. The van der Waals surface area contributed by atoms with Gasteiger partial charge in [0.15, 0.2) is 0 Å². The molecular formula is C19H21Cl2NO2. The van der Waals surface area contributed by atoms with Gasteiger partial charge >= 0.3 is 0 Å². The van der Waals surface area contributed by atoms with Gasteiger partial charge in [0.05, 0.1) is 23.8 Å². The van der Waals surface area contributed by atoms with Crippen LogP contribution in [0, 0.1) is 0 Å². The van der Waals surface area contributed by atoms with Crippen LogP contribution in [0.1, 0.15) is 12.5 Å². The summed E-state index contributed by atoms with van der Waals surface area (Å²) in [4.78, 5) is 0. The predicted octanol–water partition coefficient (Wildman–Crippen LogP) is 3.90. The van der Waals surface area contributed by atoms with Crippen LogP contribution in [-0.4, -0.2) is 29.0 Å². The van der Waals surface area contributed by atoms with Crippen molar-refractivity contribution in [2.24, 2.45) is 0 Å². The smallest absolute Gasteiger partial charge is 0.0633 e. The number of hydrogen-bond donors (Lipinski definition) is 3. The van der Waals surface area contributed by atoms with Crippen LogP contribution in [0.4, 0.5) is 0 Å². The van der Waals surface area contributed by atoms with Crippen LogP contribution >= 0.6 is 24.0 Å². The molecule has 0 heterocycles. The van der Waals surface area contributed by atoms with Crippen LogP contribution in [-0.2, 0) is 6.54 Å². The maximum absolute atomic E-state index is 9.49. The molecule has 3 aromatic carbocycles. The van der Waals surface area contributed by atoms with Gasteiger partial charge in [0.2, 0.25) is 0 Å². The molecule has 3 rings (SSSR count). The molecule has 0 aliphatic rings. The van der Waals surface area contributed by atoms with Gasteiger partial charge in [-0.2, -0.15) is 0 Å². The van der Waals surface area contributed by atoms with Crippen molar-refractivity contribution in [1.29, 1.82) is 0 Å². The average molecular weight is 366 g/mol. The van der Waals surface area contributed by atoms with Gasteiger partial charge in [-0.05, 0) is 23.3 Å². The first-order valence-electron chi connectivity index (χ1n) is 7.64. The van der Waals surface area contributed by atoms with Crippen molar-refractivity contribution in [3.63, 3.8) is 0 Å². The van der Waals surface area contributed by atoms with Gasteiger partial charge in [-0.25, -0.2) is 0 Å². The minimum absolute atomic E-state index is 0. The molecule has 0 atom stereocenters. The molecule has 3 N–H and O–H groups in total. The number of aliphatic hydroxyl groups excluding tert-OH is 2. The van der Waals surface area contributed by atoms with Crippen LogP contribution in [0.3, 0.4) is 0 Å². The Morgan fingerprint density at radius 2 is 1.29 bits per heavy atom. The van der Waals surface area contributed by atoms with Crippen molar-refractivity contribution in [1.82, 2.24) is 5.32 Å². The molecule has 24 heavy (non-hydrogen) atoms. The van der Waals surface area contributed by atoms with Crippen molar-refractivity contribution < 1.29 is 10.2 Å². The molecule has 0 aliphatic heterocycles. The van der Waals surface area contributed by atoms with Gasteiger partial charge in [-0.15, -0.1) is 12.4 Å². The summed E-state index contributed by atoms with van der Waals surface area (Å²) in [6.07, 6.45) is 0. The second kappa shape index (κ2) is 7.68. The van der Waals surface area contributed by atoms with Crippen molar-refractivity contribution >= 4 is 45.6 Å². The van der Waals surface area contributed by atoms with Crippen molar-refractivity contribution in [3.8, 4) is 0 Å². The number of rotatable bonds is 5. The highest BCUT2D eigenvalue weighted by atomic mass is 35.5. The average Bonchev–Trinajstić information content (AvgIpc) is 2.61. The Hall–Kier alpha value is -1.36. The quantitative estimate of drug-likeness (QED) is 0.601. The lowest BCUT2D eigenvalue weighted by Crippen LogP contribution is -2.48. The van der Waals surface area contributed by atoms with Gasteiger partial charge in [0.25, 0.3) is 0 Å². The van der Waals surface area contributed by atoms with E-state index in [1.54, 1.807) is 6.92 Å². The zero-order valence-electron chi connectivity index (χ0n) is 13.4. The second-order valence-electron chi connectivity index (χ2n) is 6.11. The summed E-state index contributed by atoms with van der Waals surface area (Å²) in [5.41, 5.74) is 0.399. The highest BCUT2D eigenvalue weighted by Crippen LogP contribution is 2.36. The molecule has 3 nitrogen and oxygen atoms in total. The Kier molecular flexibility index (Phi) is 6.07. The summed E-state index contributed by atoms with van der Waals surface area (Å²) in [5, 5.41) is 27.2. The molecule has 0 aliphatic carbocycles. The molecule has 0 saturated heterocycles. The van der Waals surface area contributed by atoms with Gasteiger partial charge in [-0.1, -0.05) is 60.1 Å². The molecule has 0 amide bonds. The highest BCUT2D eigenvalue weighted by molar-refractivity contribution is 6.41. The minimum Gasteiger partial charge on any atom is -0.394 e. The first-order valence-corrected chi connectivity index (χ1v) is 8.02. The molecule has 128 valence electrons. The number of halogens is 2. The van der Waals surface area contributed by atoms with Gasteiger partial charge in [0, 0.05) is 17.3 Å². The van der Waals surface area contributed by atoms with Crippen molar-refractivity contribution in [2.45, 2.75) is 19.0 Å². The molecule has 0 fully saturated rings. The van der Waals surface area contributed by atoms with Crippen LogP contribution in [0.15, 0.2) is 48.5 Å². The third-order valence-electron chi connectivity index (χ3n) is 4.37. The number of aliphatic hydroxyl groups is 2. The lowest BCUT2D eigenvalue weighted by Gasteiger charge is -2.27. The number of hydrogen-bond acceptors (Lipinski definition) is 3. The monoisotopic (exact) mass is 365 g/mol. The van der Waals surface area contributed by atoms with E-state index in [1.165, 1.54) is 0 Å². The first kappa shape index (κ1) is 19.0. The third-order valence-corrected chi connectivity index (χ3v) is 4.77. The van der Waals surface area contributed by atoms with E-state index in [4.69, 9.17) is 11.6 Å². The van der Waals surface area contributed by atoms with Crippen molar-refractivity contribution in [2.75, 3.05) is 13.2 Å². The van der Waals surface area contributed by atoms with E-state index in [1.807, 2.05) is 36.4 Å². The molecule has 5 heteroatoms. The maximum Gasteiger partial charge on any atom is 0.0633 e. The Bertz CT molecular complexity index is 790. The highest BCUT2D eigenvalue weighted by Gasteiger charge is 2.22. The Morgan fingerprint density at radius 1 is 0.875 bits per heavy atom. The Balaban J connectivity index is 0.00000208. The van der Waals surface area contributed by atoms with Crippen molar-refractivity contribution in [3.05, 3.63) is 59.1 Å². The largest absolute Gasteiger partial charge is 0.394 e. The van der Waals surface area contributed by atoms with Gasteiger partial charge in [-0.3, -0.25) is 0 Å². The summed E-state index contributed by atoms with van der Waals surface area (Å²) in [6.45, 7) is 2.07. The molecule has 0 spiro atoms. The molecule has 0 bridgehead atoms. The minimum atomic E-state index is -0.720. The topological polar surface area (TPSA) is 52.5 Å². The van der Waals surface area contributed by atoms with E-state index < -0.39 is 5.54 Å². The number of nitrogens with one attached hydrogen (secondary N) is 1. The summed E-state index contributed by atoms with van der Waals surface area (Å²) in [5.74, 6) is 0. The van der Waals surface area contributed by atoms with Gasteiger partial charge in [0.1, 0.15) is 0 Å². The van der Waals surface area contributed by atoms with E-state index in [9.17, 15) is 10.2 Å². The SMILES string of the molecule is CC(CO)(CO)NCc1c2ccccc2c(Cl)c2ccccc12.Cl. The number of benzene rings is 3. The fraction of sp³-hybridized carbons (Fsp3) is 0.263. The summed E-state index contributed by atoms with van der Waals surface area (Å²) >= 11 is 6.59. The van der Waals surface area contributed by atoms with E-state index in [0.717, 1.165) is 32.1 Å². The molecule has 0 radical (unpaired) electrons. The summed E-state index contributed by atoms with van der Waals surface area (Å²) in [7, 11) is 0. The van der Waals surface area contributed by atoms with E-state index in [0.29, 0.717) is 6.54 Å². The second-order valence-corrected chi connectivity index (χ2v) is 6.49. The van der Waals surface area contributed by atoms with Crippen LogP contribution in [0.2, 0.25) is 5.02 Å². The molecule has 0 saturated carbocycles. The Labute approximate surface area is 152 Å². The number of fused-ring (bicyclic) bond motifs is 2. The molecular weight excluding hydrogens is 345 g/mol. The predicted molar refractivity (Wildman–Crippen MR) is 103 cm³/mol. The molecule has 3 aromatic rings. The van der Waals surface area contributed by atoms with E-state index in [2.05, 4.69) is 17.4 Å². The third kappa shape index (κ3) is 3.37. The molecule has 0 aromatic heterocycles. The fourth-order valence-electron chi connectivity index (χ4n) is 2.82. The maximum atomic E-state index is 9.49. The zero-order chi connectivity index (χ0) is 16.4. The summed E-state index contributed by atoms with van der Waals surface area (Å²) in [6, 6.07) is 16.1. The first-order chi connectivity index (χ1) is 11.1. The van der Waals surface area contributed by atoms with Crippen LogP contribution in [0.5, 0.6) is 0 Å². The van der Waals surface area contributed by atoms with Gasteiger partial charge < -0.3 is 15.5 Å². The molecule has 0 unspecified atom stereocenters. The lowest BCUT2D eigenvalue weighted by molar-refractivity contribution is 0.103. The fourth-order valence-corrected chi connectivity index (χ4v) is 3.15. The zero-order valence-corrected chi connectivity index (χ0v) is 15.0. The normalized spacial score (nSPS) is 11.7. The van der Waals surface area contributed by atoms with Crippen LogP contribution in [0.25, 0.3) is 21.5 Å². The van der Waals surface area contributed by atoms with E-state index in [-0.39, 0.29) is 25.6 Å². The Morgan fingerprint density at radius 3 is 1.71 bits per heavy atom. The van der Waals surface area contributed by atoms with Crippen LogP contribution < -0.4 is 5.32 Å². The van der Waals surface area contributed by atoms with E-state index >= 15 is 0 Å². The summed E-state index contributed by atoms with van der Waals surface area (Å²) < 4.78 is 0. The standard InChI is InChI=1S/C19H20ClNO2.ClH/c1-19(11-22,12-23)21-10-17-13-6-2-4-8-15(13)18(20)16-9-5-3-7-14(16)17;/h2-9,21-23H,10-12H2,1H3;1H.